The zero-order chi connectivity index (χ0) is 15.2. The topological polar surface area (TPSA) is 61.8 Å². The molecule has 1 aliphatic heterocycles. The van der Waals surface area contributed by atoms with E-state index in [1.807, 2.05) is 25.7 Å². The molecule has 0 radical (unpaired) electrons. The zero-order valence-corrected chi connectivity index (χ0v) is 13.3. The summed E-state index contributed by atoms with van der Waals surface area (Å²) in [6, 6.07) is 0.179. The van der Waals surface area contributed by atoms with Crippen molar-refractivity contribution in [1.29, 1.82) is 0 Å². The van der Waals surface area contributed by atoms with Crippen LogP contribution in [0.4, 0.5) is 4.79 Å². The monoisotopic (exact) mass is 286 g/mol. The second-order valence-electron chi connectivity index (χ2n) is 6.57. The highest BCUT2D eigenvalue weighted by molar-refractivity contribution is 5.69. The third-order valence-electron chi connectivity index (χ3n) is 3.39. The highest BCUT2D eigenvalue weighted by Crippen LogP contribution is 2.20. The Kier molecular flexibility index (Phi) is 6.76. The molecule has 20 heavy (non-hydrogen) atoms. The van der Waals surface area contributed by atoms with Crippen molar-refractivity contribution in [2.75, 3.05) is 19.6 Å². The van der Waals surface area contributed by atoms with E-state index in [0.29, 0.717) is 6.54 Å². The molecule has 0 aromatic carbocycles. The van der Waals surface area contributed by atoms with Crippen LogP contribution in [0.5, 0.6) is 0 Å². The molecule has 1 amide bonds. The lowest BCUT2D eigenvalue weighted by atomic mass is 10.2. The molecule has 1 saturated heterocycles. The van der Waals surface area contributed by atoms with E-state index in [9.17, 15) is 9.90 Å². The first-order valence-corrected chi connectivity index (χ1v) is 7.72. The van der Waals surface area contributed by atoms with Crippen LogP contribution in [-0.4, -0.2) is 53.5 Å². The van der Waals surface area contributed by atoms with Gasteiger partial charge in [0.15, 0.2) is 0 Å². The van der Waals surface area contributed by atoms with Crippen LogP contribution in [0.3, 0.4) is 0 Å². The molecular weight excluding hydrogens is 256 g/mol. The van der Waals surface area contributed by atoms with E-state index >= 15 is 0 Å². The number of rotatable bonds is 6. The molecule has 0 bridgehead atoms. The molecule has 0 aliphatic carbocycles. The predicted molar refractivity (Wildman–Crippen MR) is 79.7 cm³/mol. The molecule has 2 unspecified atom stereocenters. The number of ether oxygens (including phenoxy) is 1. The van der Waals surface area contributed by atoms with Gasteiger partial charge in [0, 0.05) is 25.7 Å². The average Bonchev–Trinajstić information content (AvgIpc) is 2.75. The number of nitrogens with zero attached hydrogens (tertiary/aromatic N) is 1. The average molecular weight is 286 g/mol. The van der Waals surface area contributed by atoms with Gasteiger partial charge in [0.05, 0.1) is 6.10 Å². The fraction of sp³-hybridized carbons (Fsp3) is 0.933. The number of aliphatic hydroxyl groups is 1. The first kappa shape index (κ1) is 17.2. The molecule has 5 nitrogen and oxygen atoms in total. The van der Waals surface area contributed by atoms with Crippen LogP contribution in [0.2, 0.25) is 0 Å². The fourth-order valence-corrected chi connectivity index (χ4v) is 2.46. The van der Waals surface area contributed by atoms with Crippen molar-refractivity contribution in [3.05, 3.63) is 0 Å². The lowest BCUT2D eigenvalue weighted by molar-refractivity contribution is 0.0225. The molecular formula is C15H30N2O3. The van der Waals surface area contributed by atoms with Gasteiger partial charge in [-0.1, -0.05) is 13.3 Å². The van der Waals surface area contributed by atoms with Gasteiger partial charge in [-0.3, -0.25) is 0 Å². The molecule has 5 heteroatoms. The van der Waals surface area contributed by atoms with Crippen molar-refractivity contribution >= 4 is 6.09 Å². The van der Waals surface area contributed by atoms with Crippen molar-refractivity contribution in [3.63, 3.8) is 0 Å². The first-order chi connectivity index (χ1) is 9.33. The van der Waals surface area contributed by atoms with Gasteiger partial charge in [-0.05, 0) is 40.0 Å². The Morgan fingerprint density at radius 3 is 2.80 bits per heavy atom. The Balaban J connectivity index is 2.35. The summed E-state index contributed by atoms with van der Waals surface area (Å²) in [5.74, 6) is 0. The van der Waals surface area contributed by atoms with Crippen LogP contribution in [0.1, 0.15) is 53.4 Å². The summed E-state index contributed by atoms with van der Waals surface area (Å²) in [7, 11) is 0. The predicted octanol–water partition coefficient (Wildman–Crippen LogP) is 2.14. The maximum Gasteiger partial charge on any atom is 0.410 e. The summed E-state index contributed by atoms with van der Waals surface area (Å²) < 4.78 is 5.43. The van der Waals surface area contributed by atoms with Gasteiger partial charge in [-0.15, -0.1) is 0 Å². The van der Waals surface area contributed by atoms with Crippen LogP contribution in [0.15, 0.2) is 0 Å². The van der Waals surface area contributed by atoms with Gasteiger partial charge >= 0.3 is 6.09 Å². The maximum atomic E-state index is 12.1. The molecule has 0 spiro atoms. The molecule has 0 aromatic rings. The summed E-state index contributed by atoms with van der Waals surface area (Å²) in [6.45, 7) is 9.79. The minimum Gasteiger partial charge on any atom is -0.444 e. The lowest BCUT2D eigenvalue weighted by Gasteiger charge is -2.29. The molecule has 1 heterocycles. The Morgan fingerprint density at radius 2 is 2.20 bits per heavy atom. The highest BCUT2D eigenvalue weighted by atomic mass is 16.6. The third kappa shape index (κ3) is 6.09. The molecule has 118 valence electrons. The Morgan fingerprint density at radius 1 is 1.50 bits per heavy atom. The van der Waals surface area contributed by atoms with Crippen molar-refractivity contribution in [3.8, 4) is 0 Å². The first-order valence-electron chi connectivity index (χ1n) is 7.72. The second kappa shape index (κ2) is 7.84. The quantitative estimate of drug-likeness (QED) is 0.785. The standard InChI is InChI=1S/C15H30N2O3/c1-5-7-13(18)11-16-10-12-8-6-9-17(12)14(19)20-15(2,3)4/h12-13,16,18H,5-11H2,1-4H3. The molecule has 0 saturated carbocycles. The molecule has 0 aromatic heterocycles. The number of carbonyl (C=O) groups is 1. The number of likely N-dealkylation sites (tertiary alicyclic amines) is 1. The minimum absolute atomic E-state index is 0.179. The van der Waals surface area contributed by atoms with Crippen LogP contribution < -0.4 is 5.32 Å². The molecule has 2 N–H and O–H groups in total. The molecule has 2 atom stereocenters. The van der Waals surface area contributed by atoms with E-state index < -0.39 is 5.60 Å². The smallest absolute Gasteiger partial charge is 0.410 e. The number of hydrogen-bond donors (Lipinski definition) is 2. The summed E-state index contributed by atoms with van der Waals surface area (Å²) in [5, 5.41) is 12.9. The number of nitrogens with one attached hydrogen (secondary N) is 1. The zero-order valence-electron chi connectivity index (χ0n) is 13.3. The van der Waals surface area contributed by atoms with Crippen molar-refractivity contribution < 1.29 is 14.6 Å². The summed E-state index contributed by atoms with van der Waals surface area (Å²) >= 11 is 0. The fourth-order valence-electron chi connectivity index (χ4n) is 2.46. The van der Waals surface area contributed by atoms with Crippen LogP contribution in [0, 0.1) is 0 Å². The van der Waals surface area contributed by atoms with Gasteiger partial charge in [-0.2, -0.15) is 0 Å². The Bertz CT molecular complexity index is 302. The van der Waals surface area contributed by atoms with Gasteiger partial charge in [0.1, 0.15) is 5.60 Å². The Hall–Kier alpha value is -0.810. The van der Waals surface area contributed by atoms with E-state index in [2.05, 4.69) is 12.2 Å². The van der Waals surface area contributed by atoms with Gasteiger partial charge in [0.2, 0.25) is 0 Å². The van der Waals surface area contributed by atoms with Crippen molar-refractivity contribution in [1.82, 2.24) is 10.2 Å². The Labute approximate surface area is 122 Å². The lowest BCUT2D eigenvalue weighted by Crippen LogP contribution is -2.45. The molecule has 1 aliphatic rings. The molecule has 1 rings (SSSR count). The molecule has 1 fully saturated rings. The van der Waals surface area contributed by atoms with Crippen molar-refractivity contribution in [2.45, 2.75) is 71.1 Å². The van der Waals surface area contributed by atoms with Crippen LogP contribution >= 0.6 is 0 Å². The van der Waals surface area contributed by atoms with E-state index in [4.69, 9.17) is 4.74 Å². The van der Waals surface area contributed by atoms with E-state index in [1.165, 1.54) is 0 Å². The van der Waals surface area contributed by atoms with E-state index in [1.54, 1.807) is 0 Å². The normalized spacial score (nSPS) is 21.1. The van der Waals surface area contributed by atoms with Crippen LogP contribution in [-0.2, 0) is 4.74 Å². The minimum atomic E-state index is -0.449. The number of hydrogen-bond acceptors (Lipinski definition) is 4. The summed E-state index contributed by atoms with van der Waals surface area (Å²) in [6.07, 6.45) is 3.29. The van der Waals surface area contributed by atoms with E-state index in [-0.39, 0.29) is 18.2 Å². The largest absolute Gasteiger partial charge is 0.444 e. The third-order valence-corrected chi connectivity index (χ3v) is 3.39. The number of aliphatic hydroxyl groups excluding tert-OH is 1. The SMILES string of the molecule is CCCC(O)CNCC1CCCN1C(=O)OC(C)(C)C. The van der Waals surface area contributed by atoms with E-state index in [0.717, 1.165) is 38.8 Å². The second-order valence-corrected chi connectivity index (χ2v) is 6.57. The van der Waals surface area contributed by atoms with Gasteiger partial charge in [0.25, 0.3) is 0 Å². The van der Waals surface area contributed by atoms with Crippen LogP contribution in [0.25, 0.3) is 0 Å². The van der Waals surface area contributed by atoms with Crippen molar-refractivity contribution in [2.24, 2.45) is 0 Å². The van der Waals surface area contributed by atoms with Gasteiger partial charge < -0.3 is 20.1 Å². The van der Waals surface area contributed by atoms with Gasteiger partial charge in [-0.25, -0.2) is 4.79 Å². The highest BCUT2D eigenvalue weighted by Gasteiger charge is 2.31. The number of carbonyl (C=O) groups excluding carboxylic acids is 1. The summed E-state index contributed by atoms with van der Waals surface area (Å²) in [5.41, 5.74) is -0.449. The number of amides is 1. The maximum absolute atomic E-state index is 12.1. The summed E-state index contributed by atoms with van der Waals surface area (Å²) in [4.78, 5) is 13.9.